The number of benzene rings is 1. The van der Waals surface area contributed by atoms with Crippen LogP contribution in [-0.4, -0.2) is 32.2 Å². The number of halogens is 1. The van der Waals surface area contributed by atoms with E-state index in [-0.39, 0.29) is 17.8 Å². The van der Waals surface area contributed by atoms with Gasteiger partial charge in [0.15, 0.2) is 0 Å². The molecule has 1 aliphatic rings. The van der Waals surface area contributed by atoms with Crippen LogP contribution in [0.4, 0.5) is 0 Å². The van der Waals surface area contributed by atoms with Crippen LogP contribution in [-0.2, 0) is 9.53 Å². The molecule has 0 amide bonds. The first-order valence-electron chi connectivity index (χ1n) is 8.89. The highest BCUT2D eigenvalue weighted by Gasteiger charge is 2.19. The van der Waals surface area contributed by atoms with Gasteiger partial charge in [0.2, 0.25) is 0 Å². The third-order valence-electron chi connectivity index (χ3n) is 4.52. The molecule has 1 fully saturated rings. The van der Waals surface area contributed by atoms with Crippen LogP contribution >= 0.6 is 34.9 Å². The molecule has 8 heteroatoms. The lowest BCUT2D eigenvalue weighted by Gasteiger charge is -2.21. The first-order chi connectivity index (χ1) is 13.2. The zero-order chi connectivity index (χ0) is 18.6. The number of carbonyl (C=O) groups excluding carboxylic acids is 1. The molecular weight excluding hydrogens is 402 g/mol. The lowest BCUT2D eigenvalue weighted by Crippen LogP contribution is -2.21. The maximum absolute atomic E-state index is 12.2. The molecule has 5 nitrogen and oxygen atoms in total. The molecule has 0 aliphatic heterocycles. The van der Waals surface area contributed by atoms with E-state index in [1.165, 1.54) is 36.0 Å². The Morgan fingerprint density at radius 1 is 1.19 bits per heavy atom. The third-order valence-corrected chi connectivity index (χ3v) is 6.71. The van der Waals surface area contributed by atoms with E-state index in [0.717, 1.165) is 52.2 Å². The first kappa shape index (κ1) is 18.7. The molecule has 1 aliphatic carbocycles. The van der Waals surface area contributed by atoms with E-state index >= 15 is 0 Å². The van der Waals surface area contributed by atoms with Crippen LogP contribution in [0.25, 0.3) is 21.5 Å². The van der Waals surface area contributed by atoms with Gasteiger partial charge in [-0.1, -0.05) is 41.9 Å². The van der Waals surface area contributed by atoms with Gasteiger partial charge in [-0.05, 0) is 49.3 Å². The van der Waals surface area contributed by atoms with Gasteiger partial charge in [-0.15, -0.1) is 0 Å². The third kappa shape index (κ3) is 4.42. The Morgan fingerprint density at radius 2 is 1.96 bits per heavy atom. The van der Waals surface area contributed by atoms with Crippen molar-refractivity contribution in [3.63, 3.8) is 0 Å². The van der Waals surface area contributed by atoms with Gasteiger partial charge >= 0.3 is 5.97 Å². The molecule has 0 bridgehead atoms. The molecule has 1 saturated carbocycles. The van der Waals surface area contributed by atoms with E-state index in [2.05, 4.69) is 14.3 Å². The quantitative estimate of drug-likeness (QED) is 0.314. The summed E-state index contributed by atoms with van der Waals surface area (Å²) in [5, 5.41) is 1.44. The van der Waals surface area contributed by atoms with Gasteiger partial charge in [0.25, 0.3) is 0 Å². The van der Waals surface area contributed by atoms with E-state index in [0.29, 0.717) is 5.02 Å². The zero-order valence-corrected chi connectivity index (χ0v) is 16.9. The Kier molecular flexibility index (Phi) is 5.90. The molecule has 2 heterocycles. The summed E-state index contributed by atoms with van der Waals surface area (Å²) in [5.74, 6) is 0.0673. The summed E-state index contributed by atoms with van der Waals surface area (Å²) in [4.78, 5) is 20.9. The number of nitrogens with zero attached hydrogens (tertiary/aromatic N) is 3. The van der Waals surface area contributed by atoms with Crippen LogP contribution in [0.15, 0.2) is 35.6 Å². The van der Waals surface area contributed by atoms with Crippen LogP contribution < -0.4 is 0 Å². The minimum atomic E-state index is -0.180. The molecule has 4 rings (SSSR count). The second kappa shape index (κ2) is 8.54. The maximum Gasteiger partial charge on any atom is 0.316 e. The van der Waals surface area contributed by atoms with Crippen molar-refractivity contribution in [2.75, 3.05) is 5.75 Å². The fourth-order valence-corrected chi connectivity index (χ4v) is 5.00. The molecule has 27 heavy (non-hydrogen) atoms. The molecule has 3 aromatic rings. The van der Waals surface area contributed by atoms with Gasteiger partial charge in [-0.2, -0.15) is 4.37 Å². The summed E-state index contributed by atoms with van der Waals surface area (Å²) < 4.78 is 11.0. The number of hydrogen-bond acceptors (Lipinski definition) is 7. The van der Waals surface area contributed by atoms with Crippen molar-refractivity contribution >= 4 is 51.1 Å². The average Bonchev–Trinajstić information content (AvgIpc) is 3.12. The Bertz CT molecular complexity index is 940. The Hall–Kier alpha value is -1.70. The fraction of sp³-hybridized carbons (Fsp3) is 0.368. The molecule has 1 aromatic carbocycles. The van der Waals surface area contributed by atoms with E-state index in [1.807, 2.05) is 24.3 Å². The van der Waals surface area contributed by atoms with Crippen molar-refractivity contribution < 1.29 is 9.53 Å². The molecule has 2 aromatic heterocycles. The average molecular weight is 420 g/mol. The van der Waals surface area contributed by atoms with Gasteiger partial charge in [0, 0.05) is 10.6 Å². The molecule has 0 saturated heterocycles. The summed E-state index contributed by atoms with van der Waals surface area (Å²) in [6, 6.07) is 7.51. The number of fused-ring (bicyclic) bond motifs is 1. The summed E-state index contributed by atoms with van der Waals surface area (Å²) in [6.07, 6.45) is 7.09. The SMILES string of the molecule is O=C(CSc1ncnc2c(-c3ccc(Cl)cc3)nsc12)OC1CCCCC1. The minimum absolute atomic E-state index is 0.0807. The van der Waals surface area contributed by atoms with Crippen molar-refractivity contribution in [1.82, 2.24) is 14.3 Å². The topological polar surface area (TPSA) is 65.0 Å². The van der Waals surface area contributed by atoms with Gasteiger partial charge in [0.1, 0.15) is 33.4 Å². The Balaban J connectivity index is 1.48. The number of hydrogen-bond donors (Lipinski definition) is 0. The molecular formula is C19H18ClN3O2S2. The van der Waals surface area contributed by atoms with Crippen molar-refractivity contribution in [2.45, 2.75) is 43.2 Å². The standard InChI is InChI=1S/C19H18ClN3O2S2/c20-13-8-6-12(7-9-13)16-17-18(27-23-16)19(22-11-21-17)26-10-15(24)25-14-4-2-1-3-5-14/h6-9,11,14H,1-5,10H2. The Labute approximate surface area is 170 Å². The molecule has 0 radical (unpaired) electrons. The highest BCUT2D eigenvalue weighted by Crippen LogP contribution is 2.34. The van der Waals surface area contributed by atoms with Gasteiger partial charge in [-0.3, -0.25) is 4.79 Å². The maximum atomic E-state index is 12.2. The predicted octanol–water partition coefficient (Wildman–Crippen LogP) is 5.37. The molecule has 0 atom stereocenters. The van der Waals surface area contributed by atoms with Crippen molar-refractivity contribution in [3.8, 4) is 11.3 Å². The molecule has 140 valence electrons. The number of thioether (sulfide) groups is 1. The summed E-state index contributed by atoms with van der Waals surface area (Å²) in [7, 11) is 0. The van der Waals surface area contributed by atoms with Crippen LogP contribution in [0.5, 0.6) is 0 Å². The van der Waals surface area contributed by atoms with Gasteiger partial charge in [-0.25, -0.2) is 9.97 Å². The second-order valence-corrected chi connectivity index (χ2v) is 8.61. The Morgan fingerprint density at radius 3 is 2.74 bits per heavy atom. The predicted molar refractivity (Wildman–Crippen MR) is 109 cm³/mol. The molecule has 0 spiro atoms. The smallest absolute Gasteiger partial charge is 0.316 e. The normalized spacial score (nSPS) is 15.1. The van der Waals surface area contributed by atoms with Gasteiger partial charge < -0.3 is 4.74 Å². The summed E-state index contributed by atoms with van der Waals surface area (Å²) in [6.45, 7) is 0. The van der Waals surface area contributed by atoms with Gasteiger partial charge in [0.05, 0.1) is 5.75 Å². The number of esters is 1. The zero-order valence-electron chi connectivity index (χ0n) is 14.6. The molecule has 0 N–H and O–H groups in total. The van der Waals surface area contributed by atoms with Crippen LogP contribution in [0.3, 0.4) is 0 Å². The summed E-state index contributed by atoms with van der Waals surface area (Å²) in [5.41, 5.74) is 2.55. The second-order valence-electron chi connectivity index (χ2n) is 6.43. The lowest BCUT2D eigenvalue weighted by molar-refractivity contribution is -0.147. The summed E-state index contributed by atoms with van der Waals surface area (Å²) >= 11 is 8.69. The van der Waals surface area contributed by atoms with Crippen molar-refractivity contribution in [2.24, 2.45) is 0 Å². The fourth-order valence-electron chi connectivity index (χ4n) is 3.17. The number of carbonyl (C=O) groups is 1. The van der Waals surface area contributed by atoms with Crippen molar-refractivity contribution in [3.05, 3.63) is 35.6 Å². The largest absolute Gasteiger partial charge is 0.462 e. The van der Waals surface area contributed by atoms with Crippen LogP contribution in [0.2, 0.25) is 5.02 Å². The number of rotatable bonds is 5. The highest BCUT2D eigenvalue weighted by atomic mass is 35.5. The molecule has 0 unspecified atom stereocenters. The monoisotopic (exact) mass is 419 g/mol. The van der Waals surface area contributed by atoms with Crippen LogP contribution in [0, 0.1) is 0 Å². The minimum Gasteiger partial charge on any atom is -0.462 e. The van der Waals surface area contributed by atoms with E-state index < -0.39 is 0 Å². The number of ether oxygens (including phenoxy) is 1. The van der Waals surface area contributed by atoms with E-state index in [4.69, 9.17) is 16.3 Å². The van der Waals surface area contributed by atoms with E-state index in [9.17, 15) is 4.79 Å². The lowest BCUT2D eigenvalue weighted by atomic mass is 9.98. The van der Waals surface area contributed by atoms with Crippen LogP contribution in [0.1, 0.15) is 32.1 Å². The first-order valence-corrected chi connectivity index (χ1v) is 11.0. The highest BCUT2D eigenvalue weighted by molar-refractivity contribution is 8.00. The van der Waals surface area contributed by atoms with Crippen molar-refractivity contribution in [1.29, 1.82) is 0 Å². The number of aromatic nitrogens is 3. The van der Waals surface area contributed by atoms with E-state index in [1.54, 1.807) is 0 Å².